The minimum atomic E-state index is -0.0755. The summed E-state index contributed by atoms with van der Waals surface area (Å²) in [6.07, 6.45) is 3.57. The van der Waals surface area contributed by atoms with Gasteiger partial charge in [0, 0.05) is 38.6 Å². The second kappa shape index (κ2) is 9.74. The van der Waals surface area contributed by atoms with Crippen molar-refractivity contribution in [1.82, 2.24) is 35.1 Å². The van der Waals surface area contributed by atoms with Crippen LogP contribution in [-0.2, 0) is 6.54 Å². The molecule has 1 aliphatic heterocycles. The van der Waals surface area contributed by atoms with E-state index >= 15 is 0 Å². The van der Waals surface area contributed by atoms with Crippen LogP contribution in [0, 0.1) is 0 Å². The molecule has 0 bridgehead atoms. The SMILES string of the molecule is COc1ccc([C@H](c2nnnn2Cc2ccccc2)N2CCN(c3ncccn3)CC2)cc1. The first-order valence-electron chi connectivity index (χ1n) is 11.0. The van der Waals surface area contributed by atoms with Crippen molar-refractivity contribution in [3.05, 3.63) is 90.0 Å². The van der Waals surface area contributed by atoms with E-state index in [1.54, 1.807) is 19.5 Å². The summed E-state index contributed by atoms with van der Waals surface area (Å²) >= 11 is 0. The smallest absolute Gasteiger partial charge is 0.225 e. The third-order valence-electron chi connectivity index (χ3n) is 5.93. The van der Waals surface area contributed by atoms with Crippen LogP contribution < -0.4 is 9.64 Å². The Labute approximate surface area is 192 Å². The van der Waals surface area contributed by atoms with E-state index in [2.05, 4.69) is 59.6 Å². The quantitative estimate of drug-likeness (QED) is 0.431. The van der Waals surface area contributed by atoms with Gasteiger partial charge in [-0.2, -0.15) is 0 Å². The summed E-state index contributed by atoms with van der Waals surface area (Å²) in [5, 5.41) is 12.8. The van der Waals surface area contributed by atoms with Crippen LogP contribution in [0.1, 0.15) is 23.0 Å². The van der Waals surface area contributed by atoms with Gasteiger partial charge in [0.1, 0.15) is 5.75 Å². The molecule has 3 heterocycles. The van der Waals surface area contributed by atoms with Gasteiger partial charge in [-0.15, -0.1) is 5.10 Å². The lowest BCUT2D eigenvalue weighted by Crippen LogP contribution is -2.49. The van der Waals surface area contributed by atoms with E-state index in [-0.39, 0.29) is 6.04 Å². The zero-order valence-corrected chi connectivity index (χ0v) is 18.5. The van der Waals surface area contributed by atoms with Crippen LogP contribution >= 0.6 is 0 Å². The zero-order chi connectivity index (χ0) is 22.5. The third-order valence-corrected chi connectivity index (χ3v) is 5.93. The standard InChI is InChI=1S/C24H26N8O/c1-33-21-10-8-20(9-11-21)22(23-27-28-29-32(23)18-19-6-3-2-4-7-19)30-14-16-31(17-15-30)24-25-12-5-13-26-24/h2-13,22H,14-18H2,1H3/t22-/m1/s1. The average molecular weight is 443 g/mol. The van der Waals surface area contributed by atoms with E-state index in [1.807, 2.05) is 41.1 Å². The molecule has 9 nitrogen and oxygen atoms in total. The Morgan fingerprint density at radius 2 is 1.61 bits per heavy atom. The number of ether oxygens (including phenoxy) is 1. The van der Waals surface area contributed by atoms with Crippen molar-refractivity contribution in [2.75, 3.05) is 38.2 Å². The van der Waals surface area contributed by atoms with Crippen molar-refractivity contribution in [3.63, 3.8) is 0 Å². The Bertz CT molecular complexity index is 1140. The van der Waals surface area contributed by atoms with Crippen molar-refractivity contribution in [3.8, 4) is 5.75 Å². The number of aromatic nitrogens is 6. The summed E-state index contributed by atoms with van der Waals surface area (Å²) < 4.78 is 7.27. The average Bonchev–Trinajstić information content (AvgIpc) is 3.33. The summed E-state index contributed by atoms with van der Waals surface area (Å²) in [5.74, 6) is 2.42. The van der Waals surface area contributed by atoms with Gasteiger partial charge >= 0.3 is 0 Å². The lowest BCUT2D eigenvalue weighted by atomic mass is 10.0. The van der Waals surface area contributed by atoms with Gasteiger partial charge in [-0.25, -0.2) is 14.6 Å². The highest BCUT2D eigenvalue weighted by Gasteiger charge is 2.31. The normalized spacial score (nSPS) is 15.4. The van der Waals surface area contributed by atoms with Crippen LogP contribution in [0.5, 0.6) is 5.75 Å². The van der Waals surface area contributed by atoms with Crippen LogP contribution in [0.3, 0.4) is 0 Å². The largest absolute Gasteiger partial charge is 0.497 e. The molecule has 0 aliphatic carbocycles. The number of hydrogen-bond donors (Lipinski definition) is 0. The van der Waals surface area contributed by atoms with Gasteiger partial charge in [0.15, 0.2) is 5.82 Å². The van der Waals surface area contributed by atoms with E-state index in [0.717, 1.165) is 54.8 Å². The van der Waals surface area contributed by atoms with Gasteiger partial charge in [-0.3, -0.25) is 4.90 Å². The topological polar surface area (TPSA) is 85.1 Å². The van der Waals surface area contributed by atoms with E-state index in [1.165, 1.54) is 0 Å². The molecule has 1 saturated heterocycles. The molecular weight excluding hydrogens is 416 g/mol. The maximum absolute atomic E-state index is 5.37. The van der Waals surface area contributed by atoms with E-state index in [4.69, 9.17) is 4.74 Å². The number of rotatable bonds is 7. The number of methoxy groups -OCH3 is 1. The first-order chi connectivity index (χ1) is 16.3. The maximum atomic E-state index is 5.37. The van der Waals surface area contributed by atoms with Gasteiger partial charge in [-0.1, -0.05) is 42.5 Å². The number of hydrogen-bond acceptors (Lipinski definition) is 8. The molecule has 0 amide bonds. The van der Waals surface area contributed by atoms with E-state index in [0.29, 0.717) is 6.54 Å². The van der Waals surface area contributed by atoms with Gasteiger partial charge in [0.2, 0.25) is 5.95 Å². The fourth-order valence-corrected chi connectivity index (χ4v) is 4.22. The molecule has 4 aromatic rings. The maximum Gasteiger partial charge on any atom is 0.225 e. The molecule has 168 valence electrons. The van der Waals surface area contributed by atoms with Crippen LogP contribution in [0.15, 0.2) is 73.1 Å². The molecule has 2 aromatic carbocycles. The highest BCUT2D eigenvalue weighted by Crippen LogP contribution is 2.30. The summed E-state index contributed by atoms with van der Waals surface area (Å²) in [6.45, 7) is 3.96. The highest BCUT2D eigenvalue weighted by atomic mass is 16.5. The predicted molar refractivity (Wildman–Crippen MR) is 124 cm³/mol. The first-order valence-corrected chi connectivity index (χ1v) is 11.0. The number of anilines is 1. The molecule has 1 atom stereocenters. The summed E-state index contributed by atoms with van der Waals surface area (Å²) in [7, 11) is 1.68. The van der Waals surface area contributed by atoms with Gasteiger partial charge < -0.3 is 9.64 Å². The van der Waals surface area contributed by atoms with Crippen molar-refractivity contribution >= 4 is 5.95 Å². The fraction of sp³-hybridized carbons (Fsp3) is 0.292. The van der Waals surface area contributed by atoms with Crippen molar-refractivity contribution in [2.45, 2.75) is 12.6 Å². The molecule has 9 heteroatoms. The van der Waals surface area contributed by atoms with Gasteiger partial charge in [0.25, 0.3) is 0 Å². The van der Waals surface area contributed by atoms with E-state index in [9.17, 15) is 0 Å². The van der Waals surface area contributed by atoms with Crippen LogP contribution in [-0.4, -0.2) is 68.4 Å². The van der Waals surface area contributed by atoms with Crippen LogP contribution in [0.25, 0.3) is 0 Å². The second-order valence-electron chi connectivity index (χ2n) is 7.93. The third kappa shape index (κ3) is 4.68. The number of tetrazole rings is 1. The lowest BCUT2D eigenvalue weighted by molar-refractivity contribution is 0.200. The van der Waals surface area contributed by atoms with Crippen molar-refractivity contribution in [1.29, 1.82) is 0 Å². The molecule has 0 unspecified atom stereocenters. The van der Waals surface area contributed by atoms with Crippen molar-refractivity contribution in [2.24, 2.45) is 0 Å². The monoisotopic (exact) mass is 442 g/mol. The highest BCUT2D eigenvalue weighted by molar-refractivity contribution is 5.34. The second-order valence-corrected chi connectivity index (χ2v) is 7.93. The molecule has 0 N–H and O–H groups in total. The summed E-state index contributed by atoms with van der Waals surface area (Å²) in [4.78, 5) is 13.5. The summed E-state index contributed by atoms with van der Waals surface area (Å²) in [6, 6.07) is 20.2. The van der Waals surface area contributed by atoms with Crippen LogP contribution in [0.2, 0.25) is 0 Å². The Morgan fingerprint density at radius 3 is 2.30 bits per heavy atom. The fourth-order valence-electron chi connectivity index (χ4n) is 4.22. The molecule has 0 saturated carbocycles. The Kier molecular flexibility index (Phi) is 6.21. The molecule has 33 heavy (non-hydrogen) atoms. The molecule has 0 spiro atoms. The molecule has 0 radical (unpaired) electrons. The van der Waals surface area contributed by atoms with E-state index < -0.39 is 0 Å². The van der Waals surface area contributed by atoms with Crippen LogP contribution in [0.4, 0.5) is 5.95 Å². The number of nitrogens with zero attached hydrogens (tertiary/aromatic N) is 8. The first kappa shape index (κ1) is 21.0. The minimum absolute atomic E-state index is 0.0755. The van der Waals surface area contributed by atoms with Gasteiger partial charge in [-0.05, 0) is 39.8 Å². The molecule has 5 rings (SSSR count). The molecule has 1 aliphatic rings. The van der Waals surface area contributed by atoms with Crippen molar-refractivity contribution < 1.29 is 4.74 Å². The van der Waals surface area contributed by atoms with Gasteiger partial charge in [0.05, 0.1) is 19.7 Å². The minimum Gasteiger partial charge on any atom is -0.497 e. The zero-order valence-electron chi connectivity index (χ0n) is 18.5. The number of piperazine rings is 1. The Hall–Kier alpha value is -3.85. The molecule has 1 fully saturated rings. The predicted octanol–water partition coefficient (Wildman–Crippen LogP) is 2.43. The number of benzene rings is 2. The molecule has 2 aromatic heterocycles. The Morgan fingerprint density at radius 1 is 0.879 bits per heavy atom. The summed E-state index contributed by atoms with van der Waals surface area (Å²) in [5.41, 5.74) is 2.29. The molecular formula is C24H26N8O. The Balaban J connectivity index is 1.43. The lowest BCUT2D eigenvalue weighted by Gasteiger charge is -2.38.